The molecule has 0 aliphatic carbocycles. The van der Waals surface area contributed by atoms with Crippen molar-refractivity contribution in [2.24, 2.45) is 12.2 Å². The monoisotopic (exact) mass is 299 g/mol. The molecule has 0 amide bonds. The van der Waals surface area contributed by atoms with Crippen molar-refractivity contribution in [1.29, 1.82) is 0 Å². The molecule has 1 N–H and O–H groups in total. The molecule has 0 unspecified atom stereocenters. The minimum Gasteiger partial charge on any atom is -0.439 e. The first-order valence-corrected chi connectivity index (χ1v) is 6.13. The van der Waals surface area contributed by atoms with Gasteiger partial charge in [0.1, 0.15) is 11.3 Å². The predicted molar refractivity (Wildman–Crippen MR) is 73.6 cm³/mol. The smallest absolute Gasteiger partial charge is 0.228 e. The van der Waals surface area contributed by atoms with E-state index in [0.29, 0.717) is 27.9 Å². The van der Waals surface area contributed by atoms with Gasteiger partial charge in [-0.15, -0.1) is 0 Å². The van der Waals surface area contributed by atoms with Crippen LogP contribution in [0.2, 0.25) is 5.02 Å². The van der Waals surface area contributed by atoms with Gasteiger partial charge >= 0.3 is 0 Å². The molecule has 7 heteroatoms. The van der Waals surface area contributed by atoms with Gasteiger partial charge in [-0.2, -0.15) is 5.10 Å². The molecule has 0 fully saturated rings. The molecule has 0 saturated heterocycles. The van der Waals surface area contributed by atoms with Crippen molar-refractivity contribution in [2.45, 2.75) is 6.92 Å². The number of aromatic nitrogens is 2. The second-order valence-corrected chi connectivity index (χ2v) is 4.63. The summed E-state index contributed by atoms with van der Waals surface area (Å²) in [5.41, 5.74) is 1.05. The van der Waals surface area contributed by atoms with Crippen molar-refractivity contribution in [1.82, 2.24) is 9.78 Å². The molecule has 1 aromatic heterocycles. The fourth-order valence-corrected chi connectivity index (χ4v) is 2.00. The van der Waals surface area contributed by atoms with Crippen LogP contribution in [0.3, 0.4) is 0 Å². The molecule has 0 atom stereocenters. The van der Waals surface area contributed by atoms with Crippen molar-refractivity contribution in [3.05, 3.63) is 40.5 Å². The number of hydrogen-bond acceptors (Lipinski definition) is 4. The highest BCUT2D eigenvalue weighted by molar-refractivity contribution is 6.69. The van der Waals surface area contributed by atoms with Crippen molar-refractivity contribution >= 4 is 28.4 Å². The molecule has 5 nitrogen and oxygen atoms in total. The van der Waals surface area contributed by atoms with Gasteiger partial charge < -0.3 is 9.94 Å². The van der Waals surface area contributed by atoms with Crippen LogP contribution in [-0.4, -0.2) is 20.2 Å². The second kappa shape index (κ2) is 5.50. The third-order valence-corrected chi connectivity index (χ3v) is 3.01. The zero-order valence-corrected chi connectivity index (χ0v) is 11.8. The quantitative estimate of drug-likeness (QED) is 0.536. The lowest BCUT2D eigenvalue weighted by Crippen LogP contribution is -1.99. The maximum atomic E-state index is 8.79. The Morgan fingerprint density at radius 3 is 2.58 bits per heavy atom. The van der Waals surface area contributed by atoms with Gasteiger partial charge in [0.05, 0.1) is 5.69 Å². The Hall–Kier alpha value is -1.72. The molecule has 0 saturated carbocycles. The van der Waals surface area contributed by atoms with Crippen LogP contribution < -0.4 is 4.74 Å². The largest absolute Gasteiger partial charge is 0.439 e. The van der Waals surface area contributed by atoms with Crippen molar-refractivity contribution in [3.63, 3.8) is 0 Å². The van der Waals surface area contributed by atoms with Gasteiger partial charge in [0.25, 0.3) is 0 Å². The van der Waals surface area contributed by atoms with Gasteiger partial charge in [0.15, 0.2) is 5.17 Å². The Labute approximate surface area is 120 Å². The van der Waals surface area contributed by atoms with E-state index in [9.17, 15) is 0 Å². The average molecular weight is 300 g/mol. The Kier molecular flexibility index (Phi) is 3.97. The minimum atomic E-state index is -0.0745. The van der Waals surface area contributed by atoms with Crippen LogP contribution in [0.4, 0.5) is 0 Å². The Bertz CT molecular complexity index is 621. The van der Waals surface area contributed by atoms with Gasteiger partial charge in [0, 0.05) is 12.1 Å². The molecule has 0 aliphatic rings. The minimum absolute atomic E-state index is 0.0745. The first-order chi connectivity index (χ1) is 9.02. The Morgan fingerprint density at radius 1 is 1.37 bits per heavy atom. The standard InChI is InChI=1S/C12H11Cl2N3O2/c1-7-10(11(14)16-18)12(17(2)15-7)19-9-5-3-8(13)4-6-9/h3-6,18H,1-2H3. The molecule has 19 heavy (non-hydrogen) atoms. The van der Waals surface area contributed by atoms with Gasteiger partial charge in [-0.1, -0.05) is 28.4 Å². The van der Waals surface area contributed by atoms with Crippen LogP contribution in [-0.2, 0) is 7.05 Å². The topological polar surface area (TPSA) is 59.6 Å². The summed E-state index contributed by atoms with van der Waals surface area (Å²) < 4.78 is 7.23. The molecular formula is C12H11Cl2N3O2. The number of aryl methyl sites for hydroxylation is 2. The molecule has 2 aromatic rings. The molecule has 0 radical (unpaired) electrons. The van der Waals surface area contributed by atoms with Crippen LogP contribution in [0.25, 0.3) is 0 Å². The van der Waals surface area contributed by atoms with Crippen LogP contribution in [0.5, 0.6) is 11.6 Å². The summed E-state index contributed by atoms with van der Waals surface area (Å²) in [6, 6.07) is 6.86. The van der Waals surface area contributed by atoms with Gasteiger partial charge in [-0.25, -0.2) is 4.68 Å². The lowest BCUT2D eigenvalue weighted by molar-refractivity contribution is 0.320. The second-order valence-electron chi connectivity index (χ2n) is 3.84. The SMILES string of the molecule is Cc1nn(C)c(Oc2ccc(Cl)cc2)c1C(Cl)=NO. The first kappa shape index (κ1) is 13.7. The summed E-state index contributed by atoms with van der Waals surface area (Å²) in [4.78, 5) is 0. The number of ether oxygens (including phenoxy) is 1. The number of oxime groups is 1. The van der Waals surface area contributed by atoms with E-state index in [0.717, 1.165) is 0 Å². The Morgan fingerprint density at radius 2 is 2.00 bits per heavy atom. The molecule has 1 heterocycles. The highest BCUT2D eigenvalue weighted by Gasteiger charge is 2.19. The van der Waals surface area contributed by atoms with Gasteiger partial charge in [-0.05, 0) is 31.2 Å². The van der Waals surface area contributed by atoms with E-state index in [-0.39, 0.29) is 5.17 Å². The summed E-state index contributed by atoms with van der Waals surface area (Å²) in [5, 5.41) is 16.5. The van der Waals surface area contributed by atoms with Gasteiger partial charge in [-0.3, -0.25) is 0 Å². The van der Waals surface area contributed by atoms with Crippen LogP contribution in [0.15, 0.2) is 29.4 Å². The predicted octanol–water partition coefficient (Wildman–Crippen LogP) is 3.55. The third-order valence-electron chi connectivity index (χ3n) is 2.49. The maximum Gasteiger partial charge on any atom is 0.228 e. The summed E-state index contributed by atoms with van der Waals surface area (Å²) in [5.74, 6) is 0.971. The van der Waals surface area contributed by atoms with Crippen LogP contribution in [0, 0.1) is 6.92 Å². The number of hydrogen-bond donors (Lipinski definition) is 1. The maximum absolute atomic E-state index is 8.79. The summed E-state index contributed by atoms with van der Waals surface area (Å²) in [7, 11) is 1.71. The molecule has 0 spiro atoms. The van der Waals surface area contributed by atoms with E-state index in [2.05, 4.69) is 10.3 Å². The van der Waals surface area contributed by atoms with Gasteiger partial charge in [0.2, 0.25) is 5.88 Å². The fourth-order valence-electron chi connectivity index (χ4n) is 1.66. The van der Waals surface area contributed by atoms with E-state index in [4.69, 9.17) is 33.1 Å². The average Bonchev–Trinajstić information content (AvgIpc) is 2.66. The zero-order valence-electron chi connectivity index (χ0n) is 10.3. The molecular weight excluding hydrogens is 289 g/mol. The molecule has 1 aromatic carbocycles. The van der Waals surface area contributed by atoms with Crippen molar-refractivity contribution in [3.8, 4) is 11.6 Å². The summed E-state index contributed by atoms with van der Waals surface area (Å²) in [6.07, 6.45) is 0. The highest BCUT2D eigenvalue weighted by Crippen LogP contribution is 2.29. The molecule has 0 bridgehead atoms. The van der Waals surface area contributed by atoms with Crippen LogP contribution in [0.1, 0.15) is 11.3 Å². The lowest BCUT2D eigenvalue weighted by Gasteiger charge is -2.07. The molecule has 2 rings (SSSR count). The molecule has 100 valence electrons. The van der Waals surface area contributed by atoms with E-state index in [1.165, 1.54) is 4.68 Å². The summed E-state index contributed by atoms with van der Waals surface area (Å²) >= 11 is 11.7. The number of benzene rings is 1. The van der Waals surface area contributed by atoms with E-state index in [1.807, 2.05) is 0 Å². The third kappa shape index (κ3) is 2.83. The highest BCUT2D eigenvalue weighted by atomic mass is 35.5. The number of rotatable bonds is 3. The van der Waals surface area contributed by atoms with Crippen molar-refractivity contribution < 1.29 is 9.94 Å². The first-order valence-electron chi connectivity index (χ1n) is 5.38. The zero-order chi connectivity index (χ0) is 14.0. The number of halogens is 2. The fraction of sp³-hybridized carbons (Fsp3) is 0.167. The van der Waals surface area contributed by atoms with E-state index in [1.54, 1.807) is 38.2 Å². The Balaban J connectivity index is 2.42. The lowest BCUT2D eigenvalue weighted by atomic mass is 10.2. The normalized spacial score (nSPS) is 11.7. The van der Waals surface area contributed by atoms with Crippen molar-refractivity contribution in [2.75, 3.05) is 0 Å². The van der Waals surface area contributed by atoms with E-state index >= 15 is 0 Å². The summed E-state index contributed by atoms with van der Waals surface area (Å²) in [6.45, 7) is 1.75. The van der Waals surface area contributed by atoms with Crippen LogP contribution >= 0.6 is 23.2 Å². The molecule has 0 aliphatic heterocycles. The number of nitrogens with zero attached hydrogens (tertiary/aromatic N) is 3. The van der Waals surface area contributed by atoms with E-state index < -0.39 is 0 Å².